The van der Waals surface area contributed by atoms with Crippen molar-refractivity contribution in [1.82, 2.24) is 10.3 Å². The van der Waals surface area contributed by atoms with E-state index < -0.39 is 0 Å². The molecule has 0 saturated carbocycles. The minimum absolute atomic E-state index is 0.0740. The lowest BCUT2D eigenvalue weighted by Crippen LogP contribution is -2.19. The van der Waals surface area contributed by atoms with Crippen molar-refractivity contribution in [1.29, 1.82) is 0 Å². The first kappa shape index (κ1) is 14.0. The summed E-state index contributed by atoms with van der Waals surface area (Å²) in [6, 6.07) is 4.85. The molecular weight excluding hydrogens is 263 g/mol. The van der Waals surface area contributed by atoms with E-state index in [2.05, 4.69) is 10.3 Å². The summed E-state index contributed by atoms with van der Waals surface area (Å²) in [4.78, 5) is 5.45. The summed E-state index contributed by atoms with van der Waals surface area (Å²) < 4.78 is 18.9. The maximum absolute atomic E-state index is 13.9. The Labute approximate surface area is 116 Å². The largest absolute Gasteiger partial charge is 0.497 e. The standard InChI is InChI=1S/C14H17FN2OS/c1-9-7-17-14(19-9)8-16-10(2)12-5-4-11(18-3)6-13(12)15/h4-7,10,16H,8H2,1-3H3. The molecule has 1 heterocycles. The zero-order valence-electron chi connectivity index (χ0n) is 11.2. The van der Waals surface area contributed by atoms with Gasteiger partial charge in [-0.3, -0.25) is 0 Å². The third-order valence-electron chi connectivity index (χ3n) is 2.90. The highest BCUT2D eigenvalue weighted by molar-refractivity contribution is 7.11. The van der Waals surface area contributed by atoms with Crippen molar-refractivity contribution < 1.29 is 9.13 Å². The van der Waals surface area contributed by atoms with Crippen LogP contribution >= 0.6 is 11.3 Å². The number of benzene rings is 1. The average Bonchev–Trinajstić information content (AvgIpc) is 2.81. The van der Waals surface area contributed by atoms with E-state index in [4.69, 9.17) is 4.74 Å². The third-order valence-corrected chi connectivity index (χ3v) is 3.82. The van der Waals surface area contributed by atoms with Crippen molar-refractivity contribution in [3.63, 3.8) is 0 Å². The molecule has 0 fully saturated rings. The molecule has 1 aromatic carbocycles. The molecule has 19 heavy (non-hydrogen) atoms. The molecule has 2 rings (SSSR count). The van der Waals surface area contributed by atoms with Crippen LogP contribution in [0.2, 0.25) is 0 Å². The van der Waals surface area contributed by atoms with E-state index in [1.54, 1.807) is 23.5 Å². The Morgan fingerprint density at radius 3 is 2.84 bits per heavy atom. The van der Waals surface area contributed by atoms with Crippen molar-refractivity contribution in [3.8, 4) is 5.75 Å². The van der Waals surface area contributed by atoms with Gasteiger partial charge >= 0.3 is 0 Å². The predicted molar refractivity (Wildman–Crippen MR) is 75.1 cm³/mol. The number of rotatable bonds is 5. The second kappa shape index (κ2) is 6.12. The van der Waals surface area contributed by atoms with E-state index in [1.165, 1.54) is 18.1 Å². The molecule has 0 radical (unpaired) electrons. The lowest BCUT2D eigenvalue weighted by atomic mass is 10.1. The number of aryl methyl sites for hydroxylation is 1. The number of nitrogens with one attached hydrogen (secondary N) is 1. The fraction of sp³-hybridized carbons (Fsp3) is 0.357. The van der Waals surface area contributed by atoms with Crippen LogP contribution in [0.5, 0.6) is 5.75 Å². The van der Waals surface area contributed by atoms with Crippen molar-refractivity contribution in [2.75, 3.05) is 7.11 Å². The van der Waals surface area contributed by atoms with Crippen LogP contribution in [0.1, 0.15) is 28.4 Å². The molecule has 1 atom stereocenters. The molecule has 0 aliphatic heterocycles. The lowest BCUT2D eigenvalue weighted by molar-refractivity contribution is 0.409. The highest BCUT2D eigenvalue weighted by Crippen LogP contribution is 2.22. The van der Waals surface area contributed by atoms with Crippen molar-refractivity contribution >= 4 is 11.3 Å². The molecule has 0 aliphatic carbocycles. The van der Waals surface area contributed by atoms with E-state index in [0.29, 0.717) is 17.9 Å². The first-order chi connectivity index (χ1) is 9.10. The van der Waals surface area contributed by atoms with Gasteiger partial charge in [0.25, 0.3) is 0 Å². The molecule has 1 aromatic heterocycles. The smallest absolute Gasteiger partial charge is 0.131 e. The van der Waals surface area contributed by atoms with Gasteiger partial charge in [-0.25, -0.2) is 9.37 Å². The summed E-state index contributed by atoms with van der Waals surface area (Å²) in [5, 5.41) is 4.29. The van der Waals surface area contributed by atoms with Gasteiger partial charge in [0.05, 0.1) is 7.11 Å². The Kier molecular flexibility index (Phi) is 4.50. The molecule has 3 nitrogen and oxygen atoms in total. The van der Waals surface area contributed by atoms with E-state index in [1.807, 2.05) is 20.0 Å². The van der Waals surface area contributed by atoms with Crippen LogP contribution in [0.4, 0.5) is 4.39 Å². The number of hydrogen-bond donors (Lipinski definition) is 1. The molecule has 2 aromatic rings. The lowest BCUT2D eigenvalue weighted by Gasteiger charge is -2.14. The van der Waals surface area contributed by atoms with Crippen LogP contribution in [0.3, 0.4) is 0 Å². The molecular formula is C14H17FN2OS. The number of nitrogens with zero attached hydrogens (tertiary/aromatic N) is 1. The molecule has 0 bridgehead atoms. The summed E-state index contributed by atoms with van der Waals surface area (Å²) in [5.41, 5.74) is 0.633. The molecule has 1 unspecified atom stereocenters. The monoisotopic (exact) mass is 280 g/mol. The van der Waals surface area contributed by atoms with Crippen LogP contribution in [-0.2, 0) is 6.54 Å². The Hall–Kier alpha value is -1.46. The number of thiazole rings is 1. The normalized spacial score (nSPS) is 12.4. The Bertz CT molecular complexity index is 556. The summed E-state index contributed by atoms with van der Waals surface area (Å²) in [6.07, 6.45) is 1.85. The van der Waals surface area contributed by atoms with Crippen LogP contribution < -0.4 is 10.1 Å². The highest BCUT2D eigenvalue weighted by atomic mass is 32.1. The number of methoxy groups -OCH3 is 1. The van der Waals surface area contributed by atoms with Crippen LogP contribution in [0.15, 0.2) is 24.4 Å². The average molecular weight is 280 g/mol. The molecule has 5 heteroatoms. The maximum Gasteiger partial charge on any atom is 0.131 e. The molecule has 1 N–H and O–H groups in total. The molecule has 0 saturated heterocycles. The second-order valence-corrected chi connectivity index (χ2v) is 5.67. The van der Waals surface area contributed by atoms with Crippen molar-refractivity contribution in [2.24, 2.45) is 0 Å². The van der Waals surface area contributed by atoms with Gasteiger partial charge in [-0.15, -0.1) is 11.3 Å². The minimum atomic E-state index is -0.255. The number of hydrogen-bond acceptors (Lipinski definition) is 4. The maximum atomic E-state index is 13.9. The van der Waals surface area contributed by atoms with Gasteiger partial charge in [0.15, 0.2) is 0 Å². The number of ether oxygens (including phenoxy) is 1. The quantitative estimate of drug-likeness (QED) is 0.911. The molecule has 0 amide bonds. The first-order valence-electron chi connectivity index (χ1n) is 6.08. The summed E-state index contributed by atoms with van der Waals surface area (Å²) >= 11 is 1.65. The van der Waals surface area contributed by atoms with Gasteiger partial charge in [-0.1, -0.05) is 6.07 Å². The minimum Gasteiger partial charge on any atom is -0.497 e. The van der Waals surface area contributed by atoms with Crippen LogP contribution in [0, 0.1) is 12.7 Å². The fourth-order valence-corrected chi connectivity index (χ4v) is 2.56. The van der Waals surface area contributed by atoms with Crippen LogP contribution in [0.25, 0.3) is 0 Å². The first-order valence-corrected chi connectivity index (χ1v) is 6.90. The Balaban J connectivity index is 2.01. The van der Waals surface area contributed by atoms with Gasteiger partial charge in [0.2, 0.25) is 0 Å². The third kappa shape index (κ3) is 3.52. The summed E-state index contributed by atoms with van der Waals surface area (Å²) in [7, 11) is 1.53. The Morgan fingerprint density at radius 1 is 1.47 bits per heavy atom. The molecule has 102 valence electrons. The van der Waals surface area contributed by atoms with Gasteiger partial charge in [0, 0.05) is 35.3 Å². The van der Waals surface area contributed by atoms with Crippen LogP contribution in [-0.4, -0.2) is 12.1 Å². The predicted octanol–water partition coefficient (Wildman–Crippen LogP) is 3.45. The highest BCUT2D eigenvalue weighted by Gasteiger charge is 2.12. The second-order valence-electron chi connectivity index (χ2n) is 4.35. The number of halogens is 1. The summed E-state index contributed by atoms with van der Waals surface area (Å²) in [6.45, 7) is 4.60. The van der Waals surface area contributed by atoms with E-state index >= 15 is 0 Å². The molecule has 0 spiro atoms. The van der Waals surface area contributed by atoms with Gasteiger partial charge < -0.3 is 10.1 Å². The Morgan fingerprint density at radius 2 is 2.26 bits per heavy atom. The topological polar surface area (TPSA) is 34.1 Å². The van der Waals surface area contributed by atoms with Gasteiger partial charge in [-0.2, -0.15) is 0 Å². The SMILES string of the molecule is COc1ccc(C(C)NCc2ncc(C)s2)c(F)c1. The summed E-state index contributed by atoms with van der Waals surface area (Å²) in [5.74, 6) is 0.277. The van der Waals surface area contributed by atoms with E-state index in [9.17, 15) is 4.39 Å². The van der Waals surface area contributed by atoms with Crippen molar-refractivity contribution in [2.45, 2.75) is 26.4 Å². The van der Waals surface area contributed by atoms with Gasteiger partial charge in [-0.05, 0) is 19.9 Å². The molecule has 0 aliphatic rings. The fourth-order valence-electron chi connectivity index (χ4n) is 1.82. The zero-order chi connectivity index (χ0) is 13.8. The van der Waals surface area contributed by atoms with Crippen molar-refractivity contribution in [3.05, 3.63) is 45.7 Å². The number of aromatic nitrogens is 1. The van der Waals surface area contributed by atoms with E-state index in [0.717, 1.165) is 5.01 Å². The van der Waals surface area contributed by atoms with E-state index in [-0.39, 0.29) is 11.9 Å². The zero-order valence-corrected chi connectivity index (χ0v) is 12.1. The van der Waals surface area contributed by atoms with Gasteiger partial charge in [0.1, 0.15) is 16.6 Å².